The quantitative estimate of drug-likeness (QED) is 0.908. The van der Waals surface area contributed by atoms with Crippen LogP contribution in [0.25, 0.3) is 11.0 Å². The SMILES string of the molecule is CCS(=O)(=O)NCc1nc2ccccc2n1C1CC1. The summed E-state index contributed by atoms with van der Waals surface area (Å²) < 4.78 is 27.8. The zero-order valence-electron chi connectivity index (χ0n) is 10.8. The summed E-state index contributed by atoms with van der Waals surface area (Å²) in [5, 5.41) is 0. The molecular formula is C13H17N3O2S. The molecule has 1 heterocycles. The molecule has 1 fully saturated rings. The van der Waals surface area contributed by atoms with E-state index in [9.17, 15) is 8.42 Å². The molecule has 3 rings (SSSR count). The first kappa shape index (κ1) is 12.6. The summed E-state index contributed by atoms with van der Waals surface area (Å²) in [5.74, 6) is 0.900. The monoisotopic (exact) mass is 279 g/mol. The normalized spacial score (nSPS) is 16.1. The summed E-state index contributed by atoms with van der Waals surface area (Å²) in [6.45, 7) is 1.90. The Labute approximate surface area is 112 Å². The highest BCUT2D eigenvalue weighted by atomic mass is 32.2. The number of para-hydroxylation sites is 2. The van der Waals surface area contributed by atoms with Crippen LogP contribution in [0.15, 0.2) is 24.3 Å². The second-order valence-corrected chi connectivity index (χ2v) is 6.94. The van der Waals surface area contributed by atoms with E-state index in [-0.39, 0.29) is 12.3 Å². The molecule has 0 aliphatic heterocycles. The predicted octanol–water partition coefficient (Wildman–Crippen LogP) is 1.81. The molecule has 1 aromatic carbocycles. The third kappa shape index (κ3) is 2.50. The molecule has 6 heteroatoms. The number of imidazole rings is 1. The van der Waals surface area contributed by atoms with Gasteiger partial charge in [0.1, 0.15) is 5.82 Å². The van der Waals surface area contributed by atoms with Crippen molar-refractivity contribution in [1.82, 2.24) is 14.3 Å². The number of benzene rings is 1. The molecule has 1 aliphatic carbocycles. The predicted molar refractivity (Wildman–Crippen MR) is 74.3 cm³/mol. The Balaban J connectivity index is 1.96. The van der Waals surface area contributed by atoms with Crippen molar-refractivity contribution in [3.63, 3.8) is 0 Å². The number of fused-ring (bicyclic) bond motifs is 1. The van der Waals surface area contributed by atoms with Crippen molar-refractivity contribution in [3.05, 3.63) is 30.1 Å². The molecule has 1 N–H and O–H groups in total. The van der Waals surface area contributed by atoms with Crippen LogP contribution in [0.4, 0.5) is 0 Å². The van der Waals surface area contributed by atoms with Gasteiger partial charge >= 0.3 is 0 Å². The first-order valence-electron chi connectivity index (χ1n) is 6.54. The van der Waals surface area contributed by atoms with Crippen LogP contribution in [-0.4, -0.2) is 23.7 Å². The molecule has 0 spiro atoms. The van der Waals surface area contributed by atoms with Crippen LogP contribution in [0.3, 0.4) is 0 Å². The lowest BCUT2D eigenvalue weighted by Crippen LogP contribution is -2.26. The van der Waals surface area contributed by atoms with E-state index in [4.69, 9.17) is 0 Å². The topological polar surface area (TPSA) is 64.0 Å². The second kappa shape index (κ2) is 4.61. The maximum absolute atomic E-state index is 11.5. The molecule has 0 amide bonds. The maximum Gasteiger partial charge on any atom is 0.211 e. The minimum Gasteiger partial charge on any atom is -0.324 e. The summed E-state index contributed by atoms with van der Waals surface area (Å²) in [6, 6.07) is 8.42. The van der Waals surface area contributed by atoms with Crippen LogP contribution >= 0.6 is 0 Å². The number of rotatable bonds is 5. The average Bonchev–Trinajstić information content (AvgIpc) is 3.17. The summed E-state index contributed by atoms with van der Waals surface area (Å²) in [4.78, 5) is 4.55. The van der Waals surface area contributed by atoms with E-state index in [1.54, 1.807) is 6.92 Å². The molecule has 1 aromatic heterocycles. The molecule has 102 valence electrons. The van der Waals surface area contributed by atoms with Gasteiger partial charge in [0.15, 0.2) is 0 Å². The Morgan fingerprint density at radius 1 is 1.37 bits per heavy atom. The van der Waals surface area contributed by atoms with Gasteiger partial charge in [0, 0.05) is 6.04 Å². The molecule has 19 heavy (non-hydrogen) atoms. The minimum absolute atomic E-state index is 0.0939. The highest BCUT2D eigenvalue weighted by Crippen LogP contribution is 2.38. The van der Waals surface area contributed by atoms with Crippen LogP contribution in [0, 0.1) is 0 Å². The van der Waals surface area contributed by atoms with E-state index in [1.807, 2.05) is 24.3 Å². The Morgan fingerprint density at radius 2 is 2.11 bits per heavy atom. The van der Waals surface area contributed by atoms with Gasteiger partial charge in [0.25, 0.3) is 0 Å². The van der Waals surface area contributed by atoms with Crippen LogP contribution in [0.2, 0.25) is 0 Å². The number of sulfonamides is 1. The summed E-state index contributed by atoms with van der Waals surface area (Å²) in [7, 11) is -3.18. The second-order valence-electron chi connectivity index (χ2n) is 4.84. The van der Waals surface area contributed by atoms with Crippen molar-refractivity contribution in [2.45, 2.75) is 32.4 Å². The smallest absolute Gasteiger partial charge is 0.211 e. The van der Waals surface area contributed by atoms with E-state index >= 15 is 0 Å². The van der Waals surface area contributed by atoms with E-state index < -0.39 is 10.0 Å². The van der Waals surface area contributed by atoms with Crippen LogP contribution in [0.5, 0.6) is 0 Å². The lowest BCUT2D eigenvalue weighted by Gasteiger charge is -2.08. The number of aromatic nitrogens is 2. The Kier molecular flexibility index (Phi) is 3.06. The third-order valence-corrected chi connectivity index (χ3v) is 4.76. The van der Waals surface area contributed by atoms with Crippen molar-refractivity contribution in [2.75, 3.05) is 5.75 Å². The van der Waals surface area contributed by atoms with Crippen molar-refractivity contribution in [2.24, 2.45) is 0 Å². The van der Waals surface area contributed by atoms with Crippen molar-refractivity contribution >= 4 is 21.1 Å². The van der Waals surface area contributed by atoms with Gasteiger partial charge in [-0.1, -0.05) is 12.1 Å². The maximum atomic E-state index is 11.5. The van der Waals surface area contributed by atoms with E-state index in [2.05, 4.69) is 14.3 Å². The van der Waals surface area contributed by atoms with Crippen LogP contribution in [0.1, 0.15) is 31.6 Å². The van der Waals surface area contributed by atoms with Gasteiger partial charge in [-0.15, -0.1) is 0 Å². The first-order chi connectivity index (χ1) is 9.11. The molecular weight excluding hydrogens is 262 g/mol. The zero-order chi connectivity index (χ0) is 13.5. The fraction of sp³-hybridized carbons (Fsp3) is 0.462. The standard InChI is InChI=1S/C13H17N3O2S/c1-2-19(17,18)14-9-13-15-11-5-3-4-6-12(11)16(13)10-7-8-10/h3-6,10,14H,2,7-9H2,1H3. The first-order valence-corrected chi connectivity index (χ1v) is 8.19. The van der Waals surface area contributed by atoms with Crippen molar-refractivity contribution < 1.29 is 8.42 Å². The number of hydrogen-bond acceptors (Lipinski definition) is 3. The molecule has 1 saturated carbocycles. The summed E-state index contributed by atoms with van der Waals surface area (Å²) >= 11 is 0. The molecule has 1 aliphatic rings. The summed E-state index contributed by atoms with van der Waals surface area (Å²) in [5.41, 5.74) is 2.02. The average molecular weight is 279 g/mol. The number of hydrogen-bond donors (Lipinski definition) is 1. The lowest BCUT2D eigenvalue weighted by atomic mass is 10.3. The minimum atomic E-state index is -3.18. The lowest BCUT2D eigenvalue weighted by molar-refractivity contribution is 0.576. The zero-order valence-corrected chi connectivity index (χ0v) is 11.7. The fourth-order valence-corrected chi connectivity index (χ4v) is 2.79. The molecule has 0 atom stereocenters. The largest absolute Gasteiger partial charge is 0.324 e. The number of nitrogens with one attached hydrogen (secondary N) is 1. The Bertz CT molecular complexity index is 702. The van der Waals surface area contributed by atoms with Gasteiger partial charge in [0.2, 0.25) is 10.0 Å². The van der Waals surface area contributed by atoms with Gasteiger partial charge in [-0.3, -0.25) is 0 Å². The molecule has 0 saturated heterocycles. The van der Waals surface area contributed by atoms with Crippen molar-refractivity contribution in [3.8, 4) is 0 Å². The Hall–Kier alpha value is -1.40. The molecule has 0 bridgehead atoms. The molecule has 2 aromatic rings. The van der Waals surface area contributed by atoms with E-state index in [0.717, 1.165) is 29.7 Å². The fourth-order valence-electron chi connectivity index (χ4n) is 2.24. The van der Waals surface area contributed by atoms with Gasteiger partial charge in [-0.2, -0.15) is 0 Å². The molecule has 0 unspecified atom stereocenters. The van der Waals surface area contributed by atoms with Crippen LogP contribution < -0.4 is 4.72 Å². The van der Waals surface area contributed by atoms with E-state index in [1.165, 1.54) is 0 Å². The van der Waals surface area contributed by atoms with Gasteiger partial charge in [0.05, 0.1) is 23.3 Å². The molecule has 5 nitrogen and oxygen atoms in total. The van der Waals surface area contributed by atoms with Gasteiger partial charge < -0.3 is 4.57 Å². The Morgan fingerprint density at radius 3 is 2.79 bits per heavy atom. The van der Waals surface area contributed by atoms with Crippen LogP contribution in [-0.2, 0) is 16.6 Å². The third-order valence-electron chi connectivity index (χ3n) is 3.41. The van der Waals surface area contributed by atoms with Crippen molar-refractivity contribution in [1.29, 1.82) is 0 Å². The summed E-state index contributed by atoms with van der Waals surface area (Å²) in [6.07, 6.45) is 2.29. The highest BCUT2D eigenvalue weighted by Gasteiger charge is 2.28. The van der Waals surface area contributed by atoms with Gasteiger partial charge in [-0.05, 0) is 31.9 Å². The number of nitrogens with zero attached hydrogens (tertiary/aromatic N) is 2. The molecule has 0 radical (unpaired) electrons. The van der Waals surface area contributed by atoms with Gasteiger partial charge in [-0.25, -0.2) is 18.1 Å². The highest BCUT2D eigenvalue weighted by molar-refractivity contribution is 7.89. The van der Waals surface area contributed by atoms with E-state index in [0.29, 0.717) is 6.04 Å².